The highest BCUT2D eigenvalue weighted by molar-refractivity contribution is 5.95. The summed E-state index contributed by atoms with van der Waals surface area (Å²) < 4.78 is 13.3. The molecule has 5 heteroatoms. The highest BCUT2D eigenvalue weighted by Gasteiger charge is 2.48. The van der Waals surface area contributed by atoms with Crippen LogP contribution in [-0.4, -0.2) is 35.0 Å². The zero-order valence-corrected chi connectivity index (χ0v) is 12.5. The minimum Gasteiger partial charge on any atom is -0.481 e. The second kappa shape index (κ2) is 5.47. The van der Waals surface area contributed by atoms with Crippen molar-refractivity contribution in [1.82, 2.24) is 4.90 Å². The second-order valence-corrected chi connectivity index (χ2v) is 6.06. The van der Waals surface area contributed by atoms with Gasteiger partial charge in [0.15, 0.2) is 0 Å². The van der Waals surface area contributed by atoms with Gasteiger partial charge in [0, 0.05) is 18.7 Å². The number of carbonyl (C=O) groups is 2. The molecule has 0 radical (unpaired) electrons. The molecule has 1 aromatic rings. The van der Waals surface area contributed by atoms with Gasteiger partial charge >= 0.3 is 5.97 Å². The van der Waals surface area contributed by atoms with Crippen molar-refractivity contribution in [3.05, 3.63) is 35.1 Å². The van der Waals surface area contributed by atoms with Crippen LogP contribution in [0.3, 0.4) is 0 Å². The van der Waals surface area contributed by atoms with Gasteiger partial charge in [-0.25, -0.2) is 4.39 Å². The summed E-state index contributed by atoms with van der Waals surface area (Å²) in [6, 6.07) is 4.22. The molecule has 1 saturated heterocycles. The molecule has 0 aromatic heterocycles. The maximum atomic E-state index is 13.3. The van der Waals surface area contributed by atoms with E-state index in [0.29, 0.717) is 24.1 Å². The number of halogens is 1. The average molecular weight is 293 g/mol. The van der Waals surface area contributed by atoms with Gasteiger partial charge in [-0.1, -0.05) is 13.8 Å². The van der Waals surface area contributed by atoms with Crippen LogP contribution in [0.15, 0.2) is 18.2 Å². The van der Waals surface area contributed by atoms with Gasteiger partial charge in [0.2, 0.25) is 0 Å². The predicted octanol–water partition coefficient (Wildman–Crippen LogP) is 2.71. The molecule has 21 heavy (non-hydrogen) atoms. The van der Waals surface area contributed by atoms with Crippen LogP contribution in [0.5, 0.6) is 0 Å². The lowest BCUT2D eigenvalue weighted by Crippen LogP contribution is -2.40. The van der Waals surface area contributed by atoms with Crippen LogP contribution in [0, 0.1) is 24.1 Å². The van der Waals surface area contributed by atoms with Crippen LogP contribution in [0.2, 0.25) is 0 Å². The van der Waals surface area contributed by atoms with E-state index in [1.807, 2.05) is 13.8 Å². The van der Waals surface area contributed by atoms with Gasteiger partial charge in [0.1, 0.15) is 5.82 Å². The number of aryl methyl sites for hydroxylation is 1. The van der Waals surface area contributed by atoms with E-state index in [2.05, 4.69) is 0 Å². The lowest BCUT2D eigenvalue weighted by molar-refractivity contribution is -0.150. The predicted molar refractivity (Wildman–Crippen MR) is 76.6 cm³/mol. The monoisotopic (exact) mass is 293 g/mol. The molecule has 0 bridgehead atoms. The number of amides is 1. The van der Waals surface area contributed by atoms with E-state index in [1.54, 1.807) is 11.8 Å². The van der Waals surface area contributed by atoms with Gasteiger partial charge in [0.05, 0.1) is 5.41 Å². The van der Waals surface area contributed by atoms with E-state index in [0.717, 1.165) is 0 Å². The number of carboxylic acids is 1. The van der Waals surface area contributed by atoms with Crippen molar-refractivity contribution in [2.45, 2.75) is 27.2 Å². The maximum Gasteiger partial charge on any atom is 0.311 e. The first kappa shape index (κ1) is 15.5. The first-order valence-electron chi connectivity index (χ1n) is 7.07. The summed E-state index contributed by atoms with van der Waals surface area (Å²) in [5, 5.41) is 9.50. The van der Waals surface area contributed by atoms with Gasteiger partial charge in [-0.2, -0.15) is 0 Å². The summed E-state index contributed by atoms with van der Waals surface area (Å²) in [4.78, 5) is 25.6. The standard InChI is InChI=1S/C16H20FNO3/c1-10(2)16(15(20)21)6-7-18(9-16)14(19)12-4-5-13(17)11(3)8-12/h4-5,8,10H,6-7,9H2,1-3H3,(H,20,21). The quantitative estimate of drug-likeness (QED) is 0.932. The summed E-state index contributed by atoms with van der Waals surface area (Å²) in [6.45, 7) is 5.95. The Morgan fingerprint density at radius 1 is 1.38 bits per heavy atom. The molecule has 1 unspecified atom stereocenters. The van der Waals surface area contributed by atoms with Crippen LogP contribution in [0.1, 0.15) is 36.2 Å². The molecule has 1 atom stereocenters. The molecular formula is C16H20FNO3. The van der Waals surface area contributed by atoms with E-state index in [9.17, 15) is 19.1 Å². The average Bonchev–Trinajstić information content (AvgIpc) is 2.87. The lowest BCUT2D eigenvalue weighted by Gasteiger charge is -2.28. The Kier molecular flexibility index (Phi) is 4.03. The topological polar surface area (TPSA) is 57.6 Å². The number of likely N-dealkylation sites (tertiary alicyclic amines) is 1. The fourth-order valence-electron chi connectivity index (χ4n) is 2.86. The molecule has 0 spiro atoms. The third-order valence-corrected chi connectivity index (χ3v) is 4.52. The molecule has 1 aliphatic heterocycles. The van der Waals surface area contributed by atoms with E-state index in [-0.39, 0.29) is 24.2 Å². The van der Waals surface area contributed by atoms with Gasteiger partial charge in [-0.15, -0.1) is 0 Å². The Morgan fingerprint density at radius 2 is 2.05 bits per heavy atom. The Morgan fingerprint density at radius 3 is 2.52 bits per heavy atom. The molecule has 1 N–H and O–H groups in total. The van der Waals surface area contributed by atoms with Gasteiger partial charge in [0.25, 0.3) is 5.91 Å². The third kappa shape index (κ3) is 2.64. The molecule has 1 amide bonds. The molecule has 1 aromatic carbocycles. The van der Waals surface area contributed by atoms with E-state index < -0.39 is 11.4 Å². The van der Waals surface area contributed by atoms with Crippen LogP contribution in [-0.2, 0) is 4.79 Å². The molecular weight excluding hydrogens is 273 g/mol. The fraction of sp³-hybridized carbons (Fsp3) is 0.500. The van der Waals surface area contributed by atoms with Crippen LogP contribution in [0.4, 0.5) is 4.39 Å². The zero-order valence-electron chi connectivity index (χ0n) is 12.5. The summed E-state index contributed by atoms with van der Waals surface area (Å²) >= 11 is 0. The van der Waals surface area contributed by atoms with Crippen molar-refractivity contribution >= 4 is 11.9 Å². The molecule has 0 saturated carbocycles. The molecule has 1 fully saturated rings. The number of hydrogen-bond acceptors (Lipinski definition) is 2. The van der Waals surface area contributed by atoms with E-state index in [1.165, 1.54) is 18.2 Å². The normalized spacial score (nSPS) is 21.9. The van der Waals surface area contributed by atoms with E-state index >= 15 is 0 Å². The Bertz CT molecular complexity index is 585. The molecule has 1 aliphatic rings. The number of rotatable bonds is 3. The van der Waals surface area contributed by atoms with Crippen molar-refractivity contribution in [2.75, 3.05) is 13.1 Å². The van der Waals surface area contributed by atoms with Crippen molar-refractivity contribution in [3.63, 3.8) is 0 Å². The van der Waals surface area contributed by atoms with Gasteiger partial charge < -0.3 is 10.0 Å². The summed E-state index contributed by atoms with van der Waals surface area (Å²) in [5.74, 6) is -1.50. The molecule has 2 rings (SSSR count). The summed E-state index contributed by atoms with van der Waals surface area (Å²) in [5.41, 5.74) is -0.0719. The summed E-state index contributed by atoms with van der Waals surface area (Å²) in [7, 11) is 0. The zero-order chi connectivity index (χ0) is 15.8. The van der Waals surface area contributed by atoms with Crippen LogP contribution < -0.4 is 0 Å². The number of carbonyl (C=O) groups excluding carboxylic acids is 1. The molecule has 114 valence electrons. The first-order valence-corrected chi connectivity index (χ1v) is 7.07. The number of benzene rings is 1. The van der Waals surface area contributed by atoms with Crippen molar-refractivity contribution in [1.29, 1.82) is 0 Å². The van der Waals surface area contributed by atoms with Crippen molar-refractivity contribution in [3.8, 4) is 0 Å². The summed E-state index contributed by atoms with van der Waals surface area (Å²) in [6.07, 6.45) is 0.450. The third-order valence-electron chi connectivity index (χ3n) is 4.52. The maximum absolute atomic E-state index is 13.3. The Balaban J connectivity index is 2.22. The number of hydrogen-bond donors (Lipinski definition) is 1. The van der Waals surface area contributed by atoms with E-state index in [4.69, 9.17) is 0 Å². The molecule has 4 nitrogen and oxygen atoms in total. The smallest absolute Gasteiger partial charge is 0.311 e. The van der Waals surface area contributed by atoms with Gasteiger partial charge in [-0.05, 0) is 43.0 Å². The fourth-order valence-corrected chi connectivity index (χ4v) is 2.86. The van der Waals surface area contributed by atoms with Crippen LogP contribution in [0.25, 0.3) is 0 Å². The van der Waals surface area contributed by atoms with Crippen molar-refractivity contribution < 1.29 is 19.1 Å². The van der Waals surface area contributed by atoms with Gasteiger partial charge in [-0.3, -0.25) is 9.59 Å². The SMILES string of the molecule is Cc1cc(C(=O)N2CCC(C(=O)O)(C(C)C)C2)ccc1F. The Labute approximate surface area is 123 Å². The number of aliphatic carboxylic acids is 1. The lowest BCUT2D eigenvalue weighted by atomic mass is 9.76. The second-order valence-electron chi connectivity index (χ2n) is 6.06. The highest BCUT2D eigenvalue weighted by Crippen LogP contribution is 2.38. The number of nitrogens with zero attached hydrogens (tertiary/aromatic N) is 1. The minimum absolute atomic E-state index is 0.0530. The first-order chi connectivity index (χ1) is 9.78. The highest BCUT2D eigenvalue weighted by atomic mass is 19.1. The number of carboxylic acid groups (broad SMARTS) is 1. The largest absolute Gasteiger partial charge is 0.481 e. The molecule has 1 heterocycles. The molecule has 0 aliphatic carbocycles. The Hall–Kier alpha value is -1.91. The minimum atomic E-state index is -0.884. The van der Waals surface area contributed by atoms with Crippen LogP contribution >= 0.6 is 0 Å². The van der Waals surface area contributed by atoms with Crippen molar-refractivity contribution in [2.24, 2.45) is 11.3 Å².